The van der Waals surface area contributed by atoms with Gasteiger partial charge in [0.05, 0.1) is 19.8 Å². The van der Waals surface area contributed by atoms with E-state index in [1.54, 1.807) is 12.2 Å². The summed E-state index contributed by atoms with van der Waals surface area (Å²) in [5.41, 5.74) is 4.57. The fourth-order valence-electron chi connectivity index (χ4n) is 0.235. The Labute approximate surface area is 72.3 Å². The maximum Gasteiger partial charge on any atom is 0.317 e. The molecule has 4 nitrogen and oxygen atoms in total. The molecule has 70 valence electrons. The summed E-state index contributed by atoms with van der Waals surface area (Å²) in [4.78, 5) is 9.24. The molecular formula is C8H15NO3. The predicted molar refractivity (Wildman–Crippen MR) is 47.9 cm³/mol. The molecule has 0 aromatic heterocycles. The number of hydrogen-bond donors (Lipinski definition) is 2. The third-order valence-electron chi connectivity index (χ3n) is 0.646. The number of carboxylic acid groups (broad SMARTS) is 1. The lowest BCUT2D eigenvalue weighted by molar-refractivity contribution is -0.135. The van der Waals surface area contributed by atoms with E-state index in [-0.39, 0.29) is 6.54 Å². The summed E-state index contributed by atoms with van der Waals surface area (Å²) in [6, 6.07) is 0. The Hall–Kier alpha value is -1.13. The molecule has 0 radical (unpaired) electrons. The zero-order valence-electron chi connectivity index (χ0n) is 7.03. The van der Waals surface area contributed by atoms with E-state index in [4.69, 9.17) is 9.84 Å². The molecule has 0 fully saturated rings. The largest absolute Gasteiger partial charge is 0.480 e. The second kappa shape index (κ2) is 12.5. The van der Waals surface area contributed by atoms with Crippen molar-refractivity contribution in [3.63, 3.8) is 0 Å². The third kappa shape index (κ3) is 23.2. The van der Waals surface area contributed by atoms with E-state index < -0.39 is 5.97 Å². The van der Waals surface area contributed by atoms with Crippen LogP contribution >= 0.6 is 0 Å². The van der Waals surface area contributed by atoms with E-state index in [9.17, 15) is 4.79 Å². The predicted octanol–water partition coefficient (Wildman–Crippen LogP) is 0.405. The molecule has 0 aliphatic heterocycles. The molecule has 0 spiro atoms. The minimum absolute atomic E-state index is 0.278. The second-order valence-electron chi connectivity index (χ2n) is 1.71. The maximum atomic E-state index is 9.24. The van der Waals surface area contributed by atoms with Crippen molar-refractivity contribution >= 4 is 5.97 Å². The first-order chi connectivity index (χ1) is 5.68. The fourth-order valence-corrected chi connectivity index (χ4v) is 0.235. The summed E-state index contributed by atoms with van der Waals surface area (Å²) < 4.78 is 4.90. The SMILES string of the molecule is C=CCOCC=C.NCC(=O)O. The van der Waals surface area contributed by atoms with Gasteiger partial charge in [-0.25, -0.2) is 0 Å². The summed E-state index contributed by atoms with van der Waals surface area (Å²) >= 11 is 0. The Morgan fingerprint density at radius 1 is 1.42 bits per heavy atom. The molecule has 0 heterocycles. The number of carbonyl (C=O) groups is 1. The van der Waals surface area contributed by atoms with Crippen LogP contribution in [0.5, 0.6) is 0 Å². The lowest BCUT2D eigenvalue weighted by Gasteiger charge is -1.89. The maximum absolute atomic E-state index is 9.24. The molecule has 0 saturated carbocycles. The minimum Gasteiger partial charge on any atom is -0.480 e. The highest BCUT2D eigenvalue weighted by molar-refractivity contribution is 5.68. The Kier molecular flexibility index (Phi) is 14.1. The molecule has 0 aromatic carbocycles. The standard InChI is InChI=1S/C6H10O.C2H5NO2/c1-3-5-7-6-4-2;3-1-2(4)5/h3-4H,1-2,5-6H2;1,3H2,(H,4,5). The van der Waals surface area contributed by atoms with Gasteiger partial charge in [-0.15, -0.1) is 13.2 Å². The molecule has 0 bridgehead atoms. The monoisotopic (exact) mass is 173 g/mol. The van der Waals surface area contributed by atoms with E-state index in [0.29, 0.717) is 13.2 Å². The quantitative estimate of drug-likeness (QED) is 0.466. The van der Waals surface area contributed by atoms with Crippen molar-refractivity contribution in [3.05, 3.63) is 25.3 Å². The van der Waals surface area contributed by atoms with Gasteiger partial charge in [-0.3, -0.25) is 4.79 Å². The lowest BCUT2D eigenvalue weighted by Crippen LogP contribution is -2.10. The zero-order chi connectivity index (χ0) is 9.82. The highest BCUT2D eigenvalue weighted by Crippen LogP contribution is 1.72. The van der Waals surface area contributed by atoms with E-state index in [2.05, 4.69) is 18.9 Å². The van der Waals surface area contributed by atoms with Crippen molar-refractivity contribution in [2.45, 2.75) is 0 Å². The number of aliphatic carboxylic acids is 1. The van der Waals surface area contributed by atoms with Crippen molar-refractivity contribution in [1.82, 2.24) is 0 Å². The normalized spacial score (nSPS) is 7.75. The van der Waals surface area contributed by atoms with Crippen molar-refractivity contribution in [2.75, 3.05) is 19.8 Å². The van der Waals surface area contributed by atoms with Crippen LogP contribution in [0.3, 0.4) is 0 Å². The van der Waals surface area contributed by atoms with E-state index in [1.807, 2.05) is 0 Å². The molecule has 0 aliphatic rings. The Morgan fingerprint density at radius 3 is 1.92 bits per heavy atom. The van der Waals surface area contributed by atoms with Gasteiger partial charge >= 0.3 is 5.97 Å². The third-order valence-corrected chi connectivity index (χ3v) is 0.646. The van der Waals surface area contributed by atoms with Gasteiger partial charge in [0.1, 0.15) is 0 Å². The first kappa shape index (κ1) is 13.5. The van der Waals surface area contributed by atoms with Crippen LogP contribution in [-0.4, -0.2) is 30.8 Å². The molecule has 0 aromatic rings. The molecule has 0 unspecified atom stereocenters. The first-order valence-corrected chi connectivity index (χ1v) is 3.40. The van der Waals surface area contributed by atoms with Gasteiger partial charge in [-0.2, -0.15) is 0 Å². The van der Waals surface area contributed by atoms with Crippen LogP contribution in [-0.2, 0) is 9.53 Å². The van der Waals surface area contributed by atoms with Gasteiger partial charge in [0.25, 0.3) is 0 Å². The lowest BCUT2D eigenvalue weighted by atomic mass is 10.6. The number of carboxylic acids is 1. The molecule has 3 N–H and O–H groups in total. The average molecular weight is 173 g/mol. The van der Waals surface area contributed by atoms with Crippen LogP contribution in [0.2, 0.25) is 0 Å². The summed E-state index contributed by atoms with van der Waals surface area (Å²) in [6.45, 7) is 7.90. The summed E-state index contributed by atoms with van der Waals surface area (Å²) in [6.07, 6.45) is 3.42. The van der Waals surface area contributed by atoms with Gasteiger partial charge in [-0.1, -0.05) is 12.2 Å². The number of ether oxygens (including phenoxy) is 1. The van der Waals surface area contributed by atoms with Gasteiger partial charge in [-0.05, 0) is 0 Å². The van der Waals surface area contributed by atoms with Crippen molar-refractivity contribution < 1.29 is 14.6 Å². The zero-order valence-corrected chi connectivity index (χ0v) is 7.03. The fraction of sp³-hybridized carbons (Fsp3) is 0.375. The van der Waals surface area contributed by atoms with Crippen LogP contribution in [0.15, 0.2) is 25.3 Å². The van der Waals surface area contributed by atoms with Crippen molar-refractivity contribution in [1.29, 1.82) is 0 Å². The Bertz CT molecular complexity index is 126. The molecule has 0 rings (SSSR count). The number of hydrogen-bond acceptors (Lipinski definition) is 3. The summed E-state index contributed by atoms with van der Waals surface area (Å²) in [5, 5.41) is 7.60. The van der Waals surface area contributed by atoms with Crippen LogP contribution < -0.4 is 5.73 Å². The number of nitrogens with two attached hydrogens (primary N) is 1. The van der Waals surface area contributed by atoms with Crippen LogP contribution in [0, 0.1) is 0 Å². The smallest absolute Gasteiger partial charge is 0.317 e. The Balaban J connectivity index is 0. The topological polar surface area (TPSA) is 72.5 Å². The average Bonchev–Trinajstić information content (AvgIpc) is 2.07. The van der Waals surface area contributed by atoms with Gasteiger partial charge in [0.2, 0.25) is 0 Å². The van der Waals surface area contributed by atoms with Crippen LogP contribution in [0.4, 0.5) is 0 Å². The van der Waals surface area contributed by atoms with Crippen molar-refractivity contribution in [3.8, 4) is 0 Å². The molecular weight excluding hydrogens is 158 g/mol. The minimum atomic E-state index is -0.968. The van der Waals surface area contributed by atoms with Gasteiger partial charge in [0, 0.05) is 0 Å². The summed E-state index contributed by atoms with van der Waals surface area (Å²) in [7, 11) is 0. The van der Waals surface area contributed by atoms with Crippen molar-refractivity contribution in [2.24, 2.45) is 5.73 Å². The van der Waals surface area contributed by atoms with E-state index >= 15 is 0 Å². The van der Waals surface area contributed by atoms with Crippen LogP contribution in [0.25, 0.3) is 0 Å². The molecule has 12 heavy (non-hydrogen) atoms. The van der Waals surface area contributed by atoms with Crippen LogP contribution in [0.1, 0.15) is 0 Å². The molecule has 0 atom stereocenters. The van der Waals surface area contributed by atoms with Gasteiger partial charge in [0.15, 0.2) is 0 Å². The molecule has 0 aliphatic carbocycles. The molecule has 4 heteroatoms. The highest BCUT2D eigenvalue weighted by Gasteiger charge is 1.81. The summed E-state index contributed by atoms with van der Waals surface area (Å²) in [5.74, 6) is -0.968. The Morgan fingerprint density at radius 2 is 1.75 bits per heavy atom. The van der Waals surface area contributed by atoms with E-state index in [0.717, 1.165) is 0 Å². The first-order valence-electron chi connectivity index (χ1n) is 3.40. The highest BCUT2D eigenvalue weighted by atomic mass is 16.5. The van der Waals surface area contributed by atoms with Gasteiger partial charge < -0.3 is 15.6 Å². The molecule has 0 amide bonds. The second-order valence-corrected chi connectivity index (χ2v) is 1.71. The van der Waals surface area contributed by atoms with E-state index in [1.165, 1.54) is 0 Å². The number of rotatable bonds is 5. The molecule has 0 saturated heterocycles.